The van der Waals surface area contributed by atoms with E-state index in [0.717, 1.165) is 12.8 Å². The molecule has 0 bridgehead atoms. The summed E-state index contributed by atoms with van der Waals surface area (Å²) in [4.78, 5) is 4.93. The molecule has 2 saturated carbocycles. The average molecular weight is 251 g/mol. The van der Waals surface area contributed by atoms with Crippen LogP contribution in [0.1, 0.15) is 77.0 Å². The number of aliphatic hydroxyl groups is 1. The van der Waals surface area contributed by atoms with Gasteiger partial charge in [0.05, 0.1) is 0 Å². The van der Waals surface area contributed by atoms with Gasteiger partial charge < -0.3 is 5.11 Å². The summed E-state index contributed by atoms with van der Waals surface area (Å²) in [6, 6.07) is 0.603. The molecule has 18 heavy (non-hydrogen) atoms. The lowest BCUT2D eigenvalue weighted by Crippen LogP contribution is -2.27. The highest BCUT2D eigenvalue weighted by Gasteiger charge is 2.30. The van der Waals surface area contributed by atoms with Crippen LogP contribution in [0.25, 0.3) is 0 Å². The summed E-state index contributed by atoms with van der Waals surface area (Å²) in [6.45, 7) is 0.332. The van der Waals surface area contributed by atoms with Gasteiger partial charge in [0.25, 0.3) is 0 Å². The van der Waals surface area contributed by atoms with E-state index in [1.807, 2.05) is 0 Å². The zero-order valence-electron chi connectivity index (χ0n) is 11.7. The minimum Gasteiger partial charge on any atom is -0.396 e. The fraction of sp³-hybridized carbons (Fsp3) is 0.938. The van der Waals surface area contributed by atoms with Crippen molar-refractivity contribution in [3.05, 3.63) is 0 Å². The van der Waals surface area contributed by atoms with Gasteiger partial charge in [0, 0.05) is 24.3 Å². The van der Waals surface area contributed by atoms with Crippen LogP contribution >= 0.6 is 0 Å². The molecule has 0 aromatic heterocycles. The van der Waals surface area contributed by atoms with Crippen LogP contribution < -0.4 is 0 Å². The van der Waals surface area contributed by atoms with Crippen molar-refractivity contribution in [3.8, 4) is 0 Å². The second-order valence-electron chi connectivity index (χ2n) is 6.32. The van der Waals surface area contributed by atoms with Crippen molar-refractivity contribution >= 4 is 6.21 Å². The Morgan fingerprint density at radius 2 is 1.67 bits per heavy atom. The molecule has 0 atom stereocenters. The van der Waals surface area contributed by atoms with Gasteiger partial charge in [0.2, 0.25) is 0 Å². The zero-order valence-corrected chi connectivity index (χ0v) is 11.7. The molecule has 2 fully saturated rings. The molecule has 0 aromatic carbocycles. The maximum absolute atomic E-state index is 9.08. The van der Waals surface area contributed by atoms with Gasteiger partial charge >= 0.3 is 0 Å². The van der Waals surface area contributed by atoms with Crippen LogP contribution in [-0.2, 0) is 0 Å². The standard InChI is InChI=1S/C16H29NO/c18-13-7-12-16(10-5-2-6-11-16)14-17-15-8-3-1-4-9-15/h14-15,18H,1-13H2. The van der Waals surface area contributed by atoms with Crippen molar-refractivity contribution < 1.29 is 5.11 Å². The third kappa shape index (κ3) is 4.08. The van der Waals surface area contributed by atoms with Gasteiger partial charge in [0.1, 0.15) is 0 Å². The largest absolute Gasteiger partial charge is 0.396 e. The number of hydrogen-bond acceptors (Lipinski definition) is 2. The molecule has 0 saturated heterocycles. The van der Waals surface area contributed by atoms with Gasteiger partial charge in [-0.15, -0.1) is 0 Å². The summed E-state index contributed by atoms with van der Waals surface area (Å²) in [5.41, 5.74) is 0.332. The Morgan fingerprint density at radius 3 is 2.33 bits per heavy atom. The predicted molar refractivity (Wildman–Crippen MR) is 77.2 cm³/mol. The van der Waals surface area contributed by atoms with E-state index in [9.17, 15) is 0 Å². The second-order valence-corrected chi connectivity index (χ2v) is 6.32. The van der Waals surface area contributed by atoms with Gasteiger partial charge in [-0.3, -0.25) is 4.99 Å². The first kappa shape index (κ1) is 14.0. The van der Waals surface area contributed by atoms with E-state index in [1.54, 1.807) is 0 Å². The minimum absolute atomic E-state index is 0.332. The molecule has 2 aliphatic carbocycles. The Bertz CT molecular complexity index is 250. The van der Waals surface area contributed by atoms with E-state index in [0.29, 0.717) is 18.1 Å². The lowest BCUT2D eigenvalue weighted by Gasteiger charge is -2.34. The minimum atomic E-state index is 0.332. The first-order valence-corrected chi connectivity index (χ1v) is 8.00. The lowest BCUT2D eigenvalue weighted by molar-refractivity contribution is 0.222. The molecule has 0 aromatic rings. The number of aliphatic hydroxyl groups excluding tert-OH is 1. The molecule has 2 nitrogen and oxygen atoms in total. The van der Waals surface area contributed by atoms with Gasteiger partial charge in [-0.1, -0.05) is 38.5 Å². The molecule has 2 heteroatoms. The third-order valence-corrected chi connectivity index (χ3v) is 4.82. The van der Waals surface area contributed by atoms with Crippen LogP contribution in [0.15, 0.2) is 4.99 Å². The van der Waals surface area contributed by atoms with Crippen LogP contribution in [-0.4, -0.2) is 24.0 Å². The predicted octanol–water partition coefficient (Wildman–Crippen LogP) is 4.11. The van der Waals surface area contributed by atoms with Crippen molar-refractivity contribution in [2.45, 2.75) is 83.1 Å². The SMILES string of the molecule is OCCCC1(C=NC2CCCCC2)CCCCC1. The number of aliphatic imine (C=N–C) groups is 1. The lowest BCUT2D eigenvalue weighted by atomic mass is 9.72. The highest BCUT2D eigenvalue weighted by atomic mass is 16.2. The zero-order chi connectivity index (χ0) is 12.7. The molecule has 0 radical (unpaired) electrons. The summed E-state index contributed by atoms with van der Waals surface area (Å²) in [6.07, 6.45) is 17.8. The van der Waals surface area contributed by atoms with Crippen LogP contribution in [0.3, 0.4) is 0 Å². The summed E-state index contributed by atoms with van der Waals surface area (Å²) >= 11 is 0. The monoisotopic (exact) mass is 251 g/mol. The topological polar surface area (TPSA) is 32.6 Å². The van der Waals surface area contributed by atoms with Gasteiger partial charge in [-0.05, 0) is 38.5 Å². The molecule has 104 valence electrons. The van der Waals surface area contributed by atoms with Crippen LogP contribution in [0, 0.1) is 5.41 Å². The highest BCUT2D eigenvalue weighted by molar-refractivity contribution is 5.66. The number of hydrogen-bond donors (Lipinski definition) is 1. The summed E-state index contributed by atoms with van der Waals surface area (Å²) in [5, 5.41) is 9.08. The fourth-order valence-electron chi connectivity index (χ4n) is 3.62. The van der Waals surface area contributed by atoms with E-state index in [2.05, 4.69) is 6.21 Å². The van der Waals surface area contributed by atoms with E-state index < -0.39 is 0 Å². The molecule has 0 amide bonds. The Labute approximate surface area is 112 Å². The molecule has 2 rings (SSSR count). The molecule has 0 heterocycles. The smallest absolute Gasteiger partial charge is 0.0496 e. The summed E-state index contributed by atoms with van der Waals surface area (Å²) < 4.78 is 0. The number of nitrogens with zero attached hydrogens (tertiary/aromatic N) is 1. The molecule has 0 aliphatic heterocycles. The maximum Gasteiger partial charge on any atom is 0.0496 e. The van der Waals surface area contributed by atoms with Crippen molar-refractivity contribution in [1.82, 2.24) is 0 Å². The van der Waals surface area contributed by atoms with Crippen molar-refractivity contribution in [2.75, 3.05) is 6.61 Å². The van der Waals surface area contributed by atoms with Gasteiger partial charge in [0.15, 0.2) is 0 Å². The van der Waals surface area contributed by atoms with E-state index in [1.165, 1.54) is 64.2 Å². The molecule has 0 unspecified atom stereocenters. The summed E-state index contributed by atoms with van der Waals surface area (Å²) in [7, 11) is 0. The average Bonchev–Trinajstić information content (AvgIpc) is 2.45. The first-order valence-electron chi connectivity index (χ1n) is 8.00. The molecule has 1 N–H and O–H groups in total. The summed E-state index contributed by atoms with van der Waals surface area (Å²) in [5.74, 6) is 0. The quantitative estimate of drug-likeness (QED) is 0.733. The first-order chi connectivity index (χ1) is 8.85. The third-order valence-electron chi connectivity index (χ3n) is 4.82. The second kappa shape index (κ2) is 7.28. The van der Waals surface area contributed by atoms with Gasteiger partial charge in [-0.2, -0.15) is 0 Å². The normalized spacial score (nSPS) is 25.6. The maximum atomic E-state index is 9.08. The molecule has 2 aliphatic rings. The molecular weight excluding hydrogens is 222 g/mol. The van der Waals surface area contributed by atoms with E-state index in [4.69, 9.17) is 10.1 Å². The van der Waals surface area contributed by atoms with Crippen LogP contribution in [0.2, 0.25) is 0 Å². The molecule has 0 spiro atoms. The van der Waals surface area contributed by atoms with Gasteiger partial charge in [-0.25, -0.2) is 0 Å². The Kier molecular flexibility index (Phi) is 5.68. The Balaban J connectivity index is 1.92. The van der Waals surface area contributed by atoms with Crippen LogP contribution in [0.5, 0.6) is 0 Å². The Morgan fingerprint density at radius 1 is 1.00 bits per heavy atom. The molecular formula is C16H29NO. The Hall–Kier alpha value is -0.370. The highest BCUT2D eigenvalue weighted by Crippen LogP contribution is 2.39. The number of rotatable bonds is 5. The van der Waals surface area contributed by atoms with Crippen molar-refractivity contribution in [1.29, 1.82) is 0 Å². The van der Waals surface area contributed by atoms with Crippen molar-refractivity contribution in [2.24, 2.45) is 10.4 Å². The van der Waals surface area contributed by atoms with E-state index >= 15 is 0 Å². The van der Waals surface area contributed by atoms with Crippen molar-refractivity contribution in [3.63, 3.8) is 0 Å². The van der Waals surface area contributed by atoms with Crippen LogP contribution in [0.4, 0.5) is 0 Å². The fourth-order valence-corrected chi connectivity index (χ4v) is 3.62. The van der Waals surface area contributed by atoms with E-state index in [-0.39, 0.29) is 0 Å².